The van der Waals surface area contributed by atoms with Crippen molar-refractivity contribution >= 4 is 17.6 Å². The summed E-state index contributed by atoms with van der Waals surface area (Å²) in [7, 11) is 0. The summed E-state index contributed by atoms with van der Waals surface area (Å²) in [5, 5.41) is 0. The van der Waals surface area contributed by atoms with E-state index in [-0.39, 0.29) is 29.2 Å². The van der Waals surface area contributed by atoms with Crippen molar-refractivity contribution in [2.75, 3.05) is 6.54 Å². The number of fused-ring (bicyclic) bond motifs is 1. The lowest BCUT2D eigenvalue weighted by Crippen LogP contribution is -2.37. The van der Waals surface area contributed by atoms with Crippen LogP contribution in [0.5, 0.6) is 0 Å². The Hall–Kier alpha value is -2.11. The van der Waals surface area contributed by atoms with Gasteiger partial charge >= 0.3 is 0 Å². The zero-order chi connectivity index (χ0) is 13.7. The van der Waals surface area contributed by atoms with Crippen LogP contribution in [0.3, 0.4) is 0 Å². The summed E-state index contributed by atoms with van der Waals surface area (Å²) in [4.78, 5) is 36.0. The third-order valence-electron chi connectivity index (χ3n) is 3.49. The molecule has 2 unspecified atom stereocenters. The molecule has 0 bridgehead atoms. The predicted molar refractivity (Wildman–Crippen MR) is 59.0 cm³/mol. The lowest BCUT2D eigenvalue weighted by Gasteiger charge is -2.15. The lowest BCUT2D eigenvalue weighted by atomic mass is 10.1. The minimum absolute atomic E-state index is 0.293. The molecular formula is C13H9F2NO3. The predicted octanol–water partition coefficient (Wildman–Crippen LogP) is 1.15. The minimum Gasteiger partial charge on any atom is -0.292 e. The van der Waals surface area contributed by atoms with E-state index in [0.717, 1.165) is 17.0 Å². The first kappa shape index (κ1) is 12.0. The second-order valence-electron chi connectivity index (χ2n) is 4.76. The zero-order valence-corrected chi connectivity index (χ0v) is 9.73. The van der Waals surface area contributed by atoms with Gasteiger partial charge in [-0.05, 0) is 18.6 Å². The van der Waals surface area contributed by atoms with E-state index in [1.165, 1.54) is 0 Å². The summed E-state index contributed by atoms with van der Waals surface area (Å²) in [5.74, 6) is -3.81. The summed E-state index contributed by atoms with van der Waals surface area (Å²) in [6.45, 7) is -0.479. The monoisotopic (exact) mass is 265 g/mol. The van der Waals surface area contributed by atoms with Gasteiger partial charge in [-0.2, -0.15) is 0 Å². The van der Waals surface area contributed by atoms with Crippen molar-refractivity contribution in [1.82, 2.24) is 4.90 Å². The number of Topliss-reactive ketones (excluding diaryl/α,β-unsaturated/α-hetero) is 1. The molecule has 1 aliphatic carbocycles. The van der Waals surface area contributed by atoms with Gasteiger partial charge < -0.3 is 0 Å². The van der Waals surface area contributed by atoms with Gasteiger partial charge in [-0.15, -0.1) is 0 Å². The molecule has 1 saturated heterocycles. The van der Waals surface area contributed by atoms with E-state index in [1.807, 2.05) is 0 Å². The molecule has 6 heteroatoms. The van der Waals surface area contributed by atoms with E-state index in [4.69, 9.17) is 0 Å². The molecule has 0 aromatic heterocycles. The van der Waals surface area contributed by atoms with Crippen LogP contribution in [0, 0.1) is 23.5 Å². The second-order valence-corrected chi connectivity index (χ2v) is 4.76. The van der Waals surface area contributed by atoms with Crippen LogP contribution in [0.2, 0.25) is 0 Å². The highest BCUT2D eigenvalue weighted by atomic mass is 19.1. The van der Waals surface area contributed by atoms with Gasteiger partial charge in [-0.25, -0.2) is 8.78 Å². The third-order valence-corrected chi connectivity index (χ3v) is 3.49. The Labute approximate surface area is 107 Å². The average molecular weight is 265 g/mol. The van der Waals surface area contributed by atoms with Crippen LogP contribution in [0.15, 0.2) is 18.2 Å². The standard InChI is InChI=1S/C13H9F2NO3/c14-6-1-2-7(10(15)3-6)11(17)5-16-12(18)8-4-9(8)13(16)19/h1-3,8-9H,4-5H2. The normalized spacial score (nSPS) is 24.6. The first-order valence-electron chi connectivity index (χ1n) is 5.82. The van der Waals surface area contributed by atoms with Gasteiger partial charge in [0.15, 0.2) is 5.78 Å². The highest BCUT2D eigenvalue weighted by Crippen LogP contribution is 2.46. The number of piperidine rings is 1. The Bertz CT molecular complexity index is 594. The van der Waals surface area contributed by atoms with E-state index in [0.29, 0.717) is 12.5 Å². The summed E-state index contributed by atoms with van der Waals surface area (Å²) < 4.78 is 26.1. The Kier molecular flexibility index (Phi) is 2.48. The molecule has 2 fully saturated rings. The van der Waals surface area contributed by atoms with Crippen LogP contribution in [0.25, 0.3) is 0 Å². The molecule has 2 amide bonds. The molecule has 1 heterocycles. The number of imide groups is 1. The molecule has 4 nitrogen and oxygen atoms in total. The van der Waals surface area contributed by atoms with Crippen LogP contribution >= 0.6 is 0 Å². The average Bonchev–Trinajstić information content (AvgIpc) is 3.09. The number of rotatable bonds is 3. The van der Waals surface area contributed by atoms with Gasteiger partial charge in [0.2, 0.25) is 11.8 Å². The molecule has 2 aliphatic rings. The van der Waals surface area contributed by atoms with E-state index >= 15 is 0 Å². The maximum absolute atomic E-state index is 13.4. The van der Waals surface area contributed by atoms with Crippen molar-refractivity contribution in [3.05, 3.63) is 35.4 Å². The van der Waals surface area contributed by atoms with Crippen molar-refractivity contribution in [1.29, 1.82) is 0 Å². The number of halogens is 2. The number of likely N-dealkylation sites (tertiary alicyclic amines) is 1. The van der Waals surface area contributed by atoms with Crippen molar-refractivity contribution in [3.8, 4) is 0 Å². The van der Waals surface area contributed by atoms with Gasteiger partial charge in [-0.3, -0.25) is 19.3 Å². The Morgan fingerprint density at radius 1 is 1.21 bits per heavy atom. The molecule has 1 aliphatic heterocycles. The van der Waals surface area contributed by atoms with E-state index < -0.39 is 24.0 Å². The molecule has 98 valence electrons. The zero-order valence-electron chi connectivity index (χ0n) is 9.73. The third kappa shape index (κ3) is 1.83. The summed E-state index contributed by atoms with van der Waals surface area (Å²) in [6.07, 6.45) is 0.549. The molecule has 1 aromatic rings. The fraction of sp³-hybridized carbons (Fsp3) is 0.308. The summed E-state index contributed by atoms with van der Waals surface area (Å²) in [5.41, 5.74) is -0.317. The van der Waals surface area contributed by atoms with E-state index in [1.54, 1.807) is 0 Å². The fourth-order valence-corrected chi connectivity index (χ4v) is 2.35. The van der Waals surface area contributed by atoms with Crippen molar-refractivity contribution in [3.63, 3.8) is 0 Å². The van der Waals surface area contributed by atoms with E-state index in [2.05, 4.69) is 0 Å². The van der Waals surface area contributed by atoms with E-state index in [9.17, 15) is 23.2 Å². The lowest BCUT2D eigenvalue weighted by molar-refractivity contribution is -0.140. The van der Waals surface area contributed by atoms with Gasteiger partial charge in [-0.1, -0.05) is 0 Å². The van der Waals surface area contributed by atoms with Crippen molar-refractivity contribution in [2.45, 2.75) is 6.42 Å². The van der Waals surface area contributed by atoms with Crippen LogP contribution in [-0.2, 0) is 9.59 Å². The molecular weight excluding hydrogens is 256 g/mol. The number of hydrogen-bond donors (Lipinski definition) is 0. The molecule has 1 saturated carbocycles. The maximum Gasteiger partial charge on any atom is 0.233 e. The Balaban J connectivity index is 1.78. The second kappa shape index (κ2) is 3.94. The highest BCUT2D eigenvalue weighted by Gasteiger charge is 2.59. The van der Waals surface area contributed by atoms with Gasteiger partial charge in [0.05, 0.1) is 23.9 Å². The van der Waals surface area contributed by atoms with Gasteiger partial charge in [0, 0.05) is 6.07 Å². The summed E-state index contributed by atoms with van der Waals surface area (Å²) in [6, 6.07) is 2.57. The van der Waals surface area contributed by atoms with Gasteiger partial charge in [0.1, 0.15) is 11.6 Å². The SMILES string of the molecule is O=C(CN1C(=O)C2CC2C1=O)c1ccc(F)cc1F. The Morgan fingerprint density at radius 3 is 2.42 bits per heavy atom. The highest BCUT2D eigenvalue weighted by molar-refractivity contribution is 6.12. The molecule has 0 spiro atoms. The quantitative estimate of drug-likeness (QED) is 0.608. The molecule has 19 heavy (non-hydrogen) atoms. The number of hydrogen-bond acceptors (Lipinski definition) is 3. The molecule has 0 N–H and O–H groups in total. The minimum atomic E-state index is -0.991. The number of carbonyl (C=O) groups is 3. The first-order valence-corrected chi connectivity index (χ1v) is 5.82. The molecule has 2 atom stereocenters. The maximum atomic E-state index is 13.4. The van der Waals surface area contributed by atoms with Crippen LogP contribution in [-0.4, -0.2) is 29.0 Å². The van der Waals surface area contributed by atoms with Crippen molar-refractivity contribution in [2.24, 2.45) is 11.8 Å². The molecule has 1 aromatic carbocycles. The first-order chi connectivity index (χ1) is 8.99. The largest absolute Gasteiger partial charge is 0.292 e. The Morgan fingerprint density at radius 2 is 1.84 bits per heavy atom. The fourth-order valence-electron chi connectivity index (χ4n) is 2.35. The smallest absolute Gasteiger partial charge is 0.233 e. The number of nitrogens with zero attached hydrogens (tertiary/aromatic N) is 1. The number of ketones is 1. The van der Waals surface area contributed by atoms with Gasteiger partial charge in [0.25, 0.3) is 0 Å². The number of carbonyl (C=O) groups excluding carboxylic acids is 3. The number of benzene rings is 1. The number of amides is 2. The molecule has 3 rings (SSSR count). The van der Waals surface area contributed by atoms with Crippen LogP contribution in [0.4, 0.5) is 8.78 Å². The summed E-state index contributed by atoms with van der Waals surface area (Å²) >= 11 is 0. The van der Waals surface area contributed by atoms with Crippen LogP contribution in [0.1, 0.15) is 16.8 Å². The molecule has 0 radical (unpaired) electrons. The van der Waals surface area contributed by atoms with Crippen LogP contribution < -0.4 is 0 Å². The van der Waals surface area contributed by atoms with Crippen molar-refractivity contribution < 1.29 is 23.2 Å². The topological polar surface area (TPSA) is 54.5 Å².